The Hall–Kier alpha value is -1.68. The van der Waals surface area contributed by atoms with Crippen molar-refractivity contribution in [3.8, 4) is 0 Å². The van der Waals surface area contributed by atoms with Crippen LogP contribution in [0.25, 0.3) is 0 Å². The molecule has 1 aliphatic heterocycles. The Bertz CT molecular complexity index is 1160. The molecule has 1 rings (SSSR count). The monoisotopic (exact) mass is 847 g/mol. The van der Waals surface area contributed by atoms with Gasteiger partial charge >= 0.3 is 16.4 Å². The highest BCUT2D eigenvalue weighted by atomic mass is 32.3. The van der Waals surface area contributed by atoms with Crippen LogP contribution in [0.5, 0.6) is 0 Å². The summed E-state index contributed by atoms with van der Waals surface area (Å²) in [6, 6.07) is 0. The maximum atomic E-state index is 12.8. The molecule has 0 spiro atoms. The highest BCUT2D eigenvalue weighted by Gasteiger charge is 2.48. The molecule has 6 unspecified atom stereocenters. The van der Waals surface area contributed by atoms with E-state index in [4.69, 9.17) is 23.5 Å². The Balaban J connectivity index is 2.40. The van der Waals surface area contributed by atoms with Gasteiger partial charge in [0.1, 0.15) is 30.5 Å². The lowest BCUT2D eigenvalue weighted by Crippen LogP contribution is -2.60. The first-order valence-corrected chi connectivity index (χ1v) is 24.1. The summed E-state index contributed by atoms with van der Waals surface area (Å²) in [6.45, 7) is 3.93. The van der Waals surface area contributed by atoms with Gasteiger partial charge in [-0.1, -0.05) is 159 Å². The molecule has 0 aromatic carbocycles. The molecule has 1 heterocycles. The van der Waals surface area contributed by atoms with E-state index in [0.29, 0.717) is 13.0 Å². The molecular formula is C45H82O12S. The van der Waals surface area contributed by atoms with E-state index in [1.54, 1.807) is 0 Å². The Morgan fingerprint density at radius 1 is 0.655 bits per heavy atom. The summed E-state index contributed by atoms with van der Waals surface area (Å²) in [6.07, 6.45) is 33.2. The lowest BCUT2D eigenvalue weighted by atomic mass is 9.99. The lowest BCUT2D eigenvalue weighted by Gasteiger charge is -2.41. The first-order valence-electron chi connectivity index (χ1n) is 22.7. The molecule has 12 nitrogen and oxygen atoms in total. The van der Waals surface area contributed by atoms with Gasteiger partial charge in [0.05, 0.1) is 19.8 Å². The second-order valence-corrected chi connectivity index (χ2v) is 16.7. The molecule has 0 amide bonds. The molecule has 0 aromatic heterocycles. The van der Waals surface area contributed by atoms with Gasteiger partial charge in [-0.15, -0.1) is 0 Å². The third-order valence-corrected chi connectivity index (χ3v) is 10.7. The van der Waals surface area contributed by atoms with Gasteiger partial charge in [0, 0.05) is 13.0 Å². The Kier molecular flexibility index (Phi) is 34.8. The molecule has 6 atom stereocenters. The van der Waals surface area contributed by atoms with E-state index in [2.05, 4.69) is 54.5 Å². The number of aliphatic hydroxyl groups excluding tert-OH is 3. The topological polar surface area (TPSA) is 178 Å². The quantitative estimate of drug-likeness (QED) is 0.0200. The largest absolute Gasteiger partial charge is 0.457 e. The molecule has 1 saturated heterocycles. The second-order valence-electron chi connectivity index (χ2n) is 15.6. The Morgan fingerprint density at radius 2 is 1.14 bits per heavy atom. The minimum Gasteiger partial charge on any atom is -0.457 e. The van der Waals surface area contributed by atoms with Gasteiger partial charge in [0.25, 0.3) is 0 Å². The van der Waals surface area contributed by atoms with E-state index in [1.807, 2.05) is 0 Å². The van der Waals surface area contributed by atoms with Crippen LogP contribution >= 0.6 is 0 Å². The number of esters is 1. The van der Waals surface area contributed by atoms with Crippen molar-refractivity contribution in [2.75, 3.05) is 26.4 Å². The molecule has 4 N–H and O–H groups in total. The van der Waals surface area contributed by atoms with Gasteiger partial charge in [-0.05, 0) is 51.4 Å². The smallest absolute Gasteiger partial charge is 0.397 e. The van der Waals surface area contributed by atoms with Crippen molar-refractivity contribution in [3.63, 3.8) is 0 Å². The number of unbranched alkanes of at least 4 members (excludes halogenated alkanes) is 20. The van der Waals surface area contributed by atoms with Crippen molar-refractivity contribution >= 4 is 16.4 Å². The number of carbonyl (C=O) groups excluding carboxylic acids is 1. The van der Waals surface area contributed by atoms with Crippen molar-refractivity contribution in [1.29, 1.82) is 0 Å². The van der Waals surface area contributed by atoms with Crippen molar-refractivity contribution in [1.82, 2.24) is 0 Å². The van der Waals surface area contributed by atoms with Crippen LogP contribution in [0.4, 0.5) is 0 Å². The van der Waals surface area contributed by atoms with Gasteiger partial charge in [0.2, 0.25) is 0 Å². The molecule has 1 fully saturated rings. The highest BCUT2D eigenvalue weighted by molar-refractivity contribution is 7.80. The third-order valence-electron chi connectivity index (χ3n) is 10.3. The summed E-state index contributed by atoms with van der Waals surface area (Å²) in [5, 5.41) is 30.6. The van der Waals surface area contributed by atoms with Crippen LogP contribution in [0.2, 0.25) is 0 Å². The average Bonchev–Trinajstić information content (AvgIpc) is 3.19. The predicted molar refractivity (Wildman–Crippen MR) is 230 cm³/mol. The van der Waals surface area contributed by atoms with Crippen LogP contribution in [-0.4, -0.2) is 97.5 Å². The fourth-order valence-electron chi connectivity index (χ4n) is 6.80. The normalized spacial score (nSPS) is 20.8. The first kappa shape index (κ1) is 54.3. The minimum absolute atomic E-state index is 0.0310. The van der Waals surface area contributed by atoms with Crippen LogP contribution in [0.3, 0.4) is 0 Å². The van der Waals surface area contributed by atoms with Gasteiger partial charge < -0.3 is 34.3 Å². The number of carbonyl (C=O) groups is 1. The van der Waals surface area contributed by atoms with Gasteiger partial charge in [-0.25, -0.2) is 4.18 Å². The average molecular weight is 847 g/mol. The number of ether oxygens (including phenoxy) is 4. The van der Waals surface area contributed by atoms with E-state index >= 15 is 0 Å². The molecule has 0 bridgehead atoms. The molecule has 13 heteroatoms. The first-order chi connectivity index (χ1) is 28.1. The van der Waals surface area contributed by atoms with Crippen LogP contribution in [-0.2, 0) is 38.3 Å². The van der Waals surface area contributed by atoms with Crippen LogP contribution in [0.15, 0.2) is 36.5 Å². The Morgan fingerprint density at radius 3 is 1.69 bits per heavy atom. The number of aliphatic hydroxyl groups is 3. The molecule has 0 aliphatic carbocycles. The number of hydrogen-bond donors (Lipinski definition) is 4. The third kappa shape index (κ3) is 30.4. The van der Waals surface area contributed by atoms with Crippen LogP contribution < -0.4 is 0 Å². The van der Waals surface area contributed by atoms with E-state index in [1.165, 1.54) is 96.3 Å². The van der Waals surface area contributed by atoms with Crippen LogP contribution in [0.1, 0.15) is 181 Å². The van der Waals surface area contributed by atoms with Crippen molar-refractivity contribution < 1.29 is 56.2 Å². The summed E-state index contributed by atoms with van der Waals surface area (Å²) in [7, 11) is -5.06. The SMILES string of the molecule is CCCCC/C=C\C/C=C\C/C=C\CCCCCCCCCOCC(COC1OC(CO)C(O)C(OS(=O)(=O)O)C1O)OC(=O)CCCCCCCCCCCCC. The van der Waals surface area contributed by atoms with Gasteiger partial charge in [-0.3, -0.25) is 9.35 Å². The van der Waals surface area contributed by atoms with E-state index in [9.17, 15) is 28.5 Å². The van der Waals surface area contributed by atoms with Gasteiger partial charge in [-0.2, -0.15) is 8.42 Å². The summed E-state index contributed by atoms with van der Waals surface area (Å²) >= 11 is 0. The molecule has 58 heavy (non-hydrogen) atoms. The van der Waals surface area contributed by atoms with Gasteiger partial charge in [0.15, 0.2) is 6.29 Å². The zero-order valence-corrected chi connectivity index (χ0v) is 36.9. The zero-order chi connectivity index (χ0) is 42.5. The predicted octanol–water partition coefficient (Wildman–Crippen LogP) is 9.41. The van der Waals surface area contributed by atoms with Crippen molar-refractivity contribution in [3.05, 3.63) is 36.5 Å². The fraction of sp³-hybridized carbons (Fsp3) is 0.844. The van der Waals surface area contributed by atoms with E-state index in [-0.39, 0.29) is 19.6 Å². The summed E-state index contributed by atoms with van der Waals surface area (Å²) in [5.41, 5.74) is 0. The molecule has 0 saturated carbocycles. The minimum atomic E-state index is -5.06. The van der Waals surface area contributed by atoms with Crippen molar-refractivity contribution in [2.24, 2.45) is 0 Å². The molecule has 0 radical (unpaired) electrons. The van der Waals surface area contributed by atoms with Crippen LogP contribution in [0, 0.1) is 0 Å². The number of allylic oxidation sites excluding steroid dienone is 6. The van der Waals surface area contributed by atoms with E-state index in [0.717, 1.165) is 57.8 Å². The molecule has 1 aliphatic rings. The van der Waals surface area contributed by atoms with Crippen molar-refractivity contribution in [2.45, 2.75) is 218 Å². The highest BCUT2D eigenvalue weighted by Crippen LogP contribution is 2.26. The number of rotatable bonds is 39. The molecule has 0 aromatic rings. The standard InChI is InChI=1S/C45H82O12S/c1-3-5-7-9-11-13-15-16-17-18-19-20-21-22-23-25-27-29-31-33-35-53-37-39(55-41(47)34-32-30-28-26-24-14-12-10-8-6-4-2)38-54-45-43(49)44(57-58(50,51)52)42(48)40(36-46)56-45/h11,13,16-17,19-20,39-40,42-46,48-49H,3-10,12,14-15,18,21-38H2,1-2H3,(H,50,51,52)/b13-11-,17-16-,20-19-. The zero-order valence-electron chi connectivity index (χ0n) is 36.1. The summed E-state index contributed by atoms with van der Waals surface area (Å²) in [4.78, 5) is 12.8. The summed E-state index contributed by atoms with van der Waals surface area (Å²) < 4.78 is 59.0. The lowest BCUT2D eigenvalue weighted by molar-refractivity contribution is -0.301. The second kappa shape index (κ2) is 37.1. The maximum Gasteiger partial charge on any atom is 0.397 e. The van der Waals surface area contributed by atoms with E-state index < -0.39 is 59.8 Å². The Labute approximate surface area is 352 Å². The summed E-state index contributed by atoms with van der Waals surface area (Å²) in [5.74, 6) is -0.404. The molecular weight excluding hydrogens is 765 g/mol. The maximum absolute atomic E-state index is 12.8. The molecule has 340 valence electrons. The fourth-order valence-corrected chi connectivity index (χ4v) is 7.30. The number of hydrogen-bond acceptors (Lipinski definition) is 11.